The molecular weight excluding hydrogens is 241 g/mol. The number of benzene rings is 1. The van der Waals surface area contributed by atoms with Gasteiger partial charge in [-0.1, -0.05) is 0 Å². The standard InChI is InChI=1S/C11H12FN3OS/c12-8-3-5-9(6-4-8)13-11(17)15-14-10(16)7-1-2-7/h3-7H,1-2H2,(H,14,16)(H2,13,15,17). The Kier molecular flexibility index (Phi) is 3.53. The molecule has 1 aliphatic carbocycles. The molecule has 6 heteroatoms. The molecule has 1 aromatic rings. The first-order chi connectivity index (χ1) is 8.15. The van der Waals surface area contributed by atoms with Crippen molar-refractivity contribution >= 4 is 28.9 Å². The Morgan fingerprint density at radius 2 is 1.88 bits per heavy atom. The van der Waals surface area contributed by atoms with Crippen LogP contribution in [0.2, 0.25) is 0 Å². The minimum atomic E-state index is -0.309. The summed E-state index contributed by atoms with van der Waals surface area (Å²) in [4.78, 5) is 11.3. The molecule has 1 aromatic carbocycles. The molecule has 0 aromatic heterocycles. The first kappa shape index (κ1) is 11.8. The van der Waals surface area contributed by atoms with Gasteiger partial charge in [-0.15, -0.1) is 0 Å². The third kappa shape index (κ3) is 3.67. The van der Waals surface area contributed by atoms with Crippen molar-refractivity contribution in [2.45, 2.75) is 12.8 Å². The van der Waals surface area contributed by atoms with Crippen LogP contribution < -0.4 is 16.2 Å². The highest BCUT2D eigenvalue weighted by atomic mass is 32.1. The number of carbonyl (C=O) groups excluding carboxylic acids is 1. The van der Waals surface area contributed by atoms with Gasteiger partial charge in [0, 0.05) is 11.6 Å². The normalized spacial score (nSPS) is 13.9. The van der Waals surface area contributed by atoms with Gasteiger partial charge in [0.15, 0.2) is 5.11 Å². The van der Waals surface area contributed by atoms with Gasteiger partial charge in [0.1, 0.15) is 5.82 Å². The van der Waals surface area contributed by atoms with Crippen molar-refractivity contribution in [3.63, 3.8) is 0 Å². The van der Waals surface area contributed by atoms with Crippen molar-refractivity contribution in [3.8, 4) is 0 Å². The molecule has 3 N–H and O–H groups in total. The molecular formula is C11H12FN3OS. The Labute approximate surface area is 104 Å². The monoisotopic (exact) mass is 253 g/mol. The molecule has 0 unspecified atom stereocenters. The average Bonchev–Trinajstić information content (AvgIpc) is 3.13. The topological polar surface area (TPSA) is 53.2 Å². The summed E-state index contributed by atoms with van der Waals surface area (Å²) in [6, 6.07) is 5.78. The molecule has 90 valence electrons. The van der Waals surface area contributed by atoms with E-state index in [1.54, 1.807) is 12.1 Å². The van der Waals surface area contributed by atoms with E-state index in [-0.39, 0.29) is 22.8 Å². The Hall–Kier alpha value is -1.69. The number of carbonyl (C=O) groups is 1. The summed E-state index contributed by atoms with van der Waals surface area (Å²) >= 11 is 4.96. The van der Waals surface area contributed by atoms with Crippen LogP contribution in [0.5, 0.6) is 0 Å². The zero-order chi connectivity index (χ0) is 12.3. The van der Waals surface area contributed by atoms with E-state index in [4.69, 9.17) is 12.2 Å². The van der Waals surface area contributed by atoms with Gasteiger partial charge in [0.2, 0.25) is 5.91 Å². The van der Waals surface area contributed by atoms with E-state index in [0.29, 0.717) is 5.69 Å². The Balaban J connectivity index is 1.76. The van der Waals surface area contributed by atoms with Crippen molar-refractivity contribution < 1.29 is 9.18 Å². The molecule has 1 amide bonds. The highest BCUT2D eigenvalue weighted by Gasteiger charge is 2.29. The van der Waals surface area contributed by atoms with E-state index >= 15 is 0 Å². The van der Waals surface area contributed by atoms with Gasteiger partial charge in [-0.05, 0) is 49.3 Å². The lowest BCUT2D eigenvalue weighted by molar-refractivity contribution is -0.122. The van der Waals surface area contributed by atoms with Crippen molar-refractivity contribution in [2.24, 2.45) is 5.92 Å². The van der Waals surface area contributed by atoms with Crippen molar-refractivity contribution in [3.05, 3.63) is 30.1 Å². The van der Waals surface area contributed by atoms with Gasteiger partial charge in [0.05, 0.1) is 0 Å². The second kappa shape index (κ2) is 5.09. The van der Waals surface area contributed by atoms with E-state index in [2.05, 4.69) is 16.2 Å². The molecule has 0 aliphatic heterocycles. The smallest absolute Gasteiger partial charge is 0.241 e. The first-order valence-corrected chi connectivity index (χ1v) is 5.68. The molecule has 0 saturated heterocycles. The van der Waals surface area contributed by atoms with Crippen LogP contribution in [-0.4, -0.2) is 11.0 Å². The number of hydrogen-bond acceptors (Lipinski definition) is 2. The largest absolute Gasteiger partial charge is 0.331 e. The number of rotatable bonds is 2. The maximum atomic E-state index is 12.6. The zero-order valence-corrected chi connectivity index (χ0v) is 9.81. The molecule has 1 aliphatic rings. The number of halogens is 1. The summed E-state index contributed by atoms with van der Waals surface area (Å²) in [5.74, 6) is -0.235. The van der Waals surface area contributed by atoms with E-state index in [1.807, 2.05) is 0 Å². The summed E-state index contributed by atoms with van der Waals surface area (Å²) in [6.07, 6.45) is 1.87. The van der Waals surface area contributed by atoms with E-state index in [9.17, 15) is 9.18 Å². The first-order valence-electron chi connectivity index (χ1n) is 5.27. The highest BCUT2D eigenvalue weighted by Crippen LogP contribution is 2.28. The summed E-state index contributed by atoms with van der Waals surface area (Å²) < 4.78 is 12.6. The molecule has 0 radical (unpaired) electrons. The van der Waals surface area contributed by atoms with Crippen LogP contribution in [0.1, 0.15) is 12.8 Å². The van der Waals surface area contributed by atoms with Crippen LogP contribution in [0.3, 0.4) is 0 Å². The number of hydrogen-bond donors (Lipinski definition) is 3. The van der Waals surface area contributed by atoms with Gasteiger partial charge in [-0.25, -0.2) is 4.39 Å². The number of nitrogens with one attached hydrogen (secondary N) is 3. The van der Waals surface area contributed by atoms with Crippen LogP contribution in [0.15, 0.2) is 24.3 Å². The zero-order valence-electron chi connectivity index (χ0n) is 9.00. The lowest BCUT2D eigenvalue weighted by Gasteiger charge is -2.11. The second-order valence-corrected chi connectivity index (χ2v) is 4.26. The third-order valence-corrected chi connectivity index (χ3v) is 2.55. The van der Waals surface area contributed by atoms with E-state index in [1.165, 1.54) is 12.1 Å². The lowest BCUT2D eigenvalue weighted by atomic mass is 10.3. The summed E-state index contributed by atoms with van der Waals surface area (Å²) in [5, 5.41) is 3.09. The van der Waals surface area contributed by atoms with Gasteiger partial charge in [0.25, 0.3) is 0 Å². The predicted molar refractivity (Wildman–Crippen MR) is 66.6 cm³/mol. The SMILES string of the molecule is O=C(NNC(=S)Nc1ccc(F)cc1)C1CC1. The van der Waals surface area contributed by atoms with E-state index in [0.717, 1.165) is 12.8 Å². The van der Waals surface area contributed by atoms with Crippen molar-refractivity contribution in [1.29, 1.82) is 0 Å². The molecule has 4 nitrogen and oxygen atoms in total. The van der Waals surface area contributed by atoms with Crippen molar-refractivity contribution in [1.82, 2.24) is 10.9 Å². The molecule has 2 rings (SSSR count). The molecule has 1 saturated carbocycles. The summed E-state index contributed by atoms with van der Waals surface area (Å²) in [5.41, 5.74) is 5.76. The molecule has 0 heterocycles. The lowest BCUT2D eigenvalue weighted by Crippen LogP contribution is -2.44. The van der Waals surface area contributed by atoms with Crippen LogP contribution in [-0.2, 0) is 4.79 Å². The third-order valence-electron chi connectivity index (χ3n) is 2.35. The second-order valence-electron chi connectivity index (χ2n) is 3.85. The van der Waals surface area contributed by atoms with Crippen LogP contribution in [0.25, 0.3) is 0 Å². The minimum Gasteiger partial charge on any atom is -0.331 e. The minimum absolute atomic E-state index is 0.0479. The van der Waals surface area contributed by atoms with Crippen LogP contribution >= 0.6 is 12.2 Å². The van der Waals surface area contributed by atoms with Crippen LogP contribution in [0, 0.1) is 11.7 Å². The number of hydrazine groups is 1. The highest BCUT2D eigenvalue weighted by molar-refractivity contribution is 7.80. The molecule has 0 atom stereocenters. The van der Waals surface area contributed by atoms with Crippen LogP contribution in [0.4, 0.5) is 10.1 Å². The number of amides is 1. The van der Waals surface area contributed by atoms with Gasteiger partial charge >= 0.3 is 0 Å². The molecule has 1 fully saturated rings. The number of thiocarbonyl (C=S) groups is 1. The molecule has 0 bridgehead atoms. The average molecular weight is 253 g/mol. The van der Waals surface area contributed by atoms with Gasteiger partial charge in [-0.2, -0.15) is 0 Å². The maximum absolute atomic E-state index is 12.6. The fourth-order valence-corrected chi connectivity index (χ4v) is 1.43. The summed E-state index contributed by atoms with van der Waals surface area (Å²) in [6.45, 7) is 0. The Bertz CT molecular complexity index is 431. The number of anilines is 1. The van der Waals surface area contributed by atoms with E-state index < -0.39 is 0 Å². The fraction of sp³-hybridized carbons (Fsp3) is 0.273. The van der Waals surface area contributed by atoms with Gasteiger partial charge < -0.3 is 5.32 Å². The molecule has 0 spiro atoms. The Morgan fingerprint density at radius 1 is 1.24 bits per heavy atom. The molecule has 17 heavy (non-hydrogen) atoms. The fourth-order valence-electron chi connectivity index (χ4n) is 1.26. The summed E-state index contributed by atoms with van der Waals surface area (Å²) in [7, 11) is 0. The maximum Gasteiger partial charge on any atom is 0.241 e. The van der Waals surface area contributed by atoms with Crippen molar-refractivity contribution in [2.75, 3.05) is 5.32 Å². The quantitative estimate of drug-likeness (QED) is 0.553. The predicted octanol–water partition coefficient (Wildman–Crippen LogP) is 1.55. The van der Waals surface area contributed by atoms with Gasteiger partial charge in [-0.3, -0.25) is 15.6 Å². The Morgan fingerprint density at radius 3 is 2.47 bits per heavy atom.